The maximum atomic E-state index is 12.0. The molecule has 1 saturated heterocycles. The van der Waals surface area contributed by atoms with Gasteiger partial charge < -0.3 is 5.32 Å². The highest BCUT2D eigenvalue weighted by molar-refractivity contribution is 8.15. The summed E-state index contributed by atoms with van der Waals surface area (Å²) in [6.45, 7) is 2.06. The topological polar surface area (TPSA) is 41.5 Å². The molecule has 0 aliphatic carbocycles. The lowest BCUT2D eigenvalue weighted by molar-refractivity contribution is -0.118. The highest BCUT2D eigenvalue weighted by atomic mass is 32.2. The molecule has 2 aromatic rings. The summed E-state index contributed by atoms with van der Waals surface area (Å²) in [5.74, 6) is 0.0373. The molecule has 1 aliphatic heterocycles. The fourth-order valence-electron chi connectivity index (χ4n) is 2.15. The van der Waals surface area contributed by atoms with E-state index in [4.69, 9.17) is 0 Å². The summed E-state index contributed by atoms with van der Waals surface area (Å²) < 4.78 is 0. The summed E-state index contributed by atoms with van der Waals surface area (Å²) in [6.07, 6.45) is 0.727. The number of amides is 1. The molecule has 1 N–H and O–H groups in total. The summed E-state index contributed by atoms with van der Waals surface area (Å²) in [7, 11) is 0. The Hall–Kier alpha value is -2.07. The van der Waals surface area contributed by atoms with Crippen LogP contribution in [0.4, 0.5) is 5.69 Å². The summed E-state index contributed by atoms with van der Waals surface area (Å²) in [5, 5.41) is 3.44. The van der Waals surface area contributed by atoms with Crippen molar-refractivity contribution in [2.45, 2.75) is 18.6 Å². The van der Waals surface area contributed by atoms with Gasteiger partial charge in [-0.05, 0) is 31.0 Å². The van der Waals surface area contributed by atoms with Gasteiger partial charge in [0.2, 0.25) is 5.91 Å². The van der Waals surface area contributed by atoms with Gasteiger partial charge >= 0.3 is 0 Å². The highest BCUT2D eigenvalue weighted by Crippen LogP contribution is 2.25. The lowest BCUT2D eigenvalue weighted by Crippen LogP contribution is -2.25. The third-order valence-electron chi connectivity index (χ3n) is 3.30. The van der Waals surface area contributed by atoms with E-state index in [1.807, 2.05) is 30.3 Å². The number of rotatable bonds is 3. The largest absolute Gasteiger partial charge is 0.304 e. The first-order chi connectivity index (χ1) is 10.2. The zero-order chi connectivity index (χ0) is 14.7. The molecule has 0 aromatic heterocycles. The molecule has 3 rings (SSSR count). The smallest absolute Gasteiger partial charge is 0.239 e. The summed E-state index contributed by atoms with van der Waals surface area (Å²) in [4.78, 5) is 16.5. The molecule has 3 nitrogen and oxygen atoms in total. The van der Waals surface area contributed by atoms with Crippen LogP contribution < -0.4 is 5.32 Å². The van der Waals surface area contributed by atoms with Gasteiger partial charge in [-0.15, -0.1) is 0 Å². The molecule has 106 valence electrons. The van der Waals surface area contributed by atoms with E-state index in [0.717, 1.165) is 12.1 Å². The number of para-hydroxylation sites is 1. The second-order valence-electron chi connectivity index (χ2n) is 5.04. The molecule has 4 heteroatoms. The lowest BCUT2D eigenvalue weighted by atomic mass is 10.1. The van der Waals surface area contributed by atoms with Gasteiger partial charge in [-0.25, -0.2) is 4.99 Å². The van der Waals surface area contributed by atoms with Crippen LogP contribution in [0.5, 0.6) is 0 Å². The lowest BCUT2D eigenvalue weighted by Gasteiger charge is -2.05. The van der Waals surface area contributed by atoms with Crippen molar-refractivity contribution in [2.24, 2.45) is 4.99 Å². The molecule has 0 unspecified atom stereocenters. The predicted molar refractivity (Wildman–Crippen MR) is 87.9 cm³/mol. The van der Waals surface area contributed by atoms with Gasteiger partial charge in [-0.1, -0.05) is 59.8 Å². The molecule has 1 amide bonds. The molecule has 1 heterocycles. The average molecular weight is 296 g/mol. The van der Waals surface area contributed by atoms with Crippen LogP contribution in [0, 0.1) is 6.92 Å². The number of thioether (sulfide) groups is 1. The Morgan fingerprint density at radius 2 is 1.81 bits per heavy atom. The molecular weight excluding hydrogens is 280 g/mol. The second kappa shape index (κ2) is 6.14. The molecule has 0 saturated carbocycles. The molecule has 1 atom stereocenters. The normalized spacial score (nSPS) is 19.8. The van der Waals surface area contributed by atoms with Crippen LogP contribution in [0.2, 0.25) is 0 Å². The van der Waals surface area contributed by atoms with Gasteiger partial charge in [-0.2, -0.15) is 0 Å². The van der Waals surface area contributed by atoms with Crippen molar-refractivity contribution in [3.63, 3.8) is 0 Å². The van der Waals surface area contributed by atoms with Crippen molar-refractivity contribution in [3.05, 3.63) is 65.7 Å². The Balaban J connectivity index is 1.70. The minimum atomic E-state index is -0.102. The van der Waals surface area contributed by atoms with Crippen LogP contribution in [0.25, 0.3) is 0 Å². The maximum absolute atomic E-state index is 12.0. The fourth-order valence-corrected chi connectivity index (χ4v) is 3.18. The van der Waals surface area contributed by atoms with E-state index in [0.29, 0.717) is 5.17 Å². The predicted octanol–water partition coefficient (Wildman–Crippen LogP) is 3.46. The Morgan fingerprint density at radius 3 is 2.52 bits per heavy atom. The molecule has 0 radical (unpaired) electrons. The quantitative estimate of drug-likeness (QED) is 0.942. The van der Waals surface area contributed by atoms with E-state index < -0.39 is 0 Å². The molecular formula is C17H16N2OS. The zero-order valence-electron chi connectivity index (χ0n) is 11.7. The molecule has 0 spiro atoms. The van der Waals surface area contributed by atoms with E-state index >= 15 is 0 Å². The van der Waals surface area contributed by atoms with E-state index in [2.05, 4.69) is 41.5 Å². The minimum Gasteiger partial charge on any atom is -0.304 e. The van der Waals surface area contributed by atoms with Gasteiger partial charge in [0.25, 0.3) is 0 Å². The van der Waals surface area contributed by atoms with Gasteiger partial charge in [-0.3, -0.25) is 4.79 Å². The van der Waals surface area contributed by atoms with E-state index in [9.17, 15) is 4.79 Å². The van der Waals surface area contributed by atoms with Gasteiger partial charge in [0.1, 0.15) is 0 Å². The monoisotopic (exact) mass is 296 g/mol. The Labute approximate surface area is 128 Å². The Kier molecular flexibility index (Phi) is 4.06. The third kappa shape index (κ3) is 3.52. The third-order valence-corrected chi connectivity index (χ3v) is 4.39. The first-order valence-electron chi connectivity index (χ1n) is 6.87. The second-order valence-corrected chi connectivity index (χ2v) is 6.23. The van der Waals surface area contributed by atoms with Crippen molar-refractivity contribution in [2.75, 3.05) is 0 Å². The van der Waals surface area contributed by atoms with Crippen molar-refractivity contribution in [1.29, 1.82) is 0 Å². The van der Waals surface area contributed by atoms with Crippen molar-refractivity contribution < 1.29 is 4.79 Å². The summed E-state index contributed by atoms with van der Waals surface area (Å²) in [5.41, 5.74) is 3.26. The molecule has 1 aliphatic rings. The first kappa shape index (κ1) is 13.9. The van der Waals surface area contributed by atoms with Crippen LogP contribution in [0.3, 0.4) is 0 Å². The maximum Gasteiger partial charge on any atom is 0.239 e. The van der Waals surface area contributed by atoms with Crippen molar-refractivity contribution in [1.82, 2.24) is 5.32 Å². The fraction of sp³-hybridized carbons (Fsp3) is 0.176. The van der Waals surface area contributed by atoms with Crippen LogP contribution in [0.1, 0.15) is 11.1 Å². The number of carbonyl (C=O) groups excluding carboxylic acids is 1. The van der Waals surface area contributed by atoms with E-state index in [1.54, 1.807) is 0 Å². The highest BCUT2D eigenvalue weighted by Gasteiger charge is 2.30. The van der Waals surface area contributed by atoms with Crippen LogP contribution in [-0.4, -0.2) is 16.3 Å². The number of nitrogens with one attached hydrogen (secondary N) is 1. The number of hydrogen-bond donors (Lipinski definition) is 1. The van der Waals surface area contributed by atoms with Crippen molar-refractivity contribution >= 4 is 28.5 Å². The summed E-state index contributed by atoms with van der Waals surface area (Å²) >= 11 is 1.50. The number of amidine groups is 1. The zero-order valence-corrected chi connectivity index (χ0v) is 12.6. The number of hydrogen-bond acceptors (Lipinski definition) is 3. The van der Waals surface area contributed by atoms with Crippen LogP contribution in [-0.2, 0) is 11.2 Å². The van der Waals surface area contributed by atoms with Gasteiger partial charge in [0.15, 0.2) is 5.17 Å². The number of aliphatic imine (C=N–C) groups is 1. The van der Waals surface area contributed by atoms with Crippen LogP contribution in [0.15, 0.2) is 59.6 Å². The number of nitrogens with zero attached hydrogens (tertiary/aromatic N) is 1. The minimum absolute atomic E-state index is 0.0373. The number of benzene rings is 2. The Morgan fingerprint density at radius 1 is 1.10 bits per heavy atom. The van der Waals surface area contributed by atoms with E-state index in [1.165, 1.54) is 22.9 Å². The van der Waals surface area contributed by atoms with Crippen molar-refractivity contribution in [3.8, 4) is 0 Å². The average Bonchev–Trinajstić information content (AvgIpc) is 2.82. The van der Waals surface area contributed by atoms with Gasteiger partial charge in [0, 0.05) is 0 Å². The standard InChI is InChI=1S/C17H16N2OS/c1-12-7-9-13(10-8-12)11-15-16(20)19-17(21-15)18-14-5-3-2-4-6-14/h2-10,15H,11H2,1H3,(H,18,19,20)/t15-/m0/s1. The molecule has 0 bridgehead atoms. The Bertz CT molecular complexity index is 665. The first-order valence-corrected chi connectivity index (χ1v) is 7.75. The number of carbonyl (C=O) groups is 1. The SMILES string of the molecule is Cc1ccc(C[C@@H]2SC(=Nc3ccccc3)NC2=O)cc1. The summed E-state index contributed by atoms with van der Waals surface area (Å²) in [6, 6.07) is 18.0. The molecule has 21 heavy (non-hydrogen) atoms. The molecule has 1 fully saturated rings. The van der Waals surface area contributed by atoms with Crippen LogP contribution >= 0.6 is 11.8 Å². The van der Waals surface area contributed by atoms with E-state index in [-0.39, 0.29) is 11.2 Å². The van der Waals surface area contributed by atoms with Gasteiger partial charge in [0.05, 0.1) is 10.9 Å². The molecule has 2 aromatic carbocycles. The number of aryl methyl sites for hydroxylation is 1.